The third-order valence-electron chi connectivity index (χ3n) is 4.71. The van der Waals surface area contributed by atoms with Gasteiger partial charge < -0.3 is 16.0 Å². The van der Waals surface area contributed by atoms with Crippen molar-refractivity contribution in [1.29, 1.82) is 0 Å². The number of amides is 3. The van der Waals surface area contributed by atoms with Crippen molar-refractivity contribution in [3.05, 3.63) is 29.8 Å². The molecule has 3 amide bonds. The lowest BCUT2D eigenvalue weighted by molar-refractivity contribution is -0.122. The molecule has 1 heterocycles. The number of hydrogen-bond acceptors (Lipinski definition) is 3. The van der Waals surface area contributed by atoms with Gasteiger partial charge in [0.1, 0.15) is 0 Å². The molecule has 2 fully saturated rings. The maximum Gasteiger partial charge on any atom is 0.251 e. The zero-order valence-electron chi connectivity index (χ0n) is 13.0. The Balaban J connectivity index is 1.66. The summed E-state index contributed by atoms with van der Waals surface area (Å²) in [5, 5.41) is 2.90. The zero-order chi connectivity index (χ0) is 16.4. The lowest BCUT2D eigenvalue weighted by atomic mass is 10.0. The summed E-state index contributed by atoms with van der Waals surface area (Å²) in [4.78, 5) is 37.2. The molecule has 1 aromatic carbocycles. The van der Waals surface area contributed by atoms with Gasteiger partial charge in [0.25, 0.3) is 5.91 Å². The molecule has 0 bridgehead atoms. The van der Waals surface area contributed by atoms with Crippen LogP contribution in [0.4, 0.5) is 5.69 Å². The Hall–Kier alpha value is -2.37. The fraction of sp³-hybridized carbons (Fsp3) is 0.471. The molecule has 2 atom stereocenters. The molecule has 1 aliphatic carbocycles. The third-order valence-corrected chi connectivity index (χ3v) is 4.71. The molecule has 2 unspecified atom stereocenters. The van der Waals surface area contributed by atoms with Gasteiger partial charge in [-0.15, -0.1) is 0 Å². The van der Waals surface area contributed by atoms with E-state index in [1.165, 1.54) is 0 Å². The molecule has 2 aliphatic rings. The van der Waals surface area contributed by atoms with E-state index in [9.17, 15) is 14.4 Å². The van der Waals surface area contributed by atoms with Gasteiger partial charge in [0, 0.05) is 30.3 Å². The average molecular weight is 315 g/mol. The maximum absolute atomic E-state index is 12.3. The van der Waals surface area contributed by atoms with Crippen LogP contribution in [0.15, 0.2) is 24.3 Å². The topological polar surface area (TPSA) is 92.5 Å². The van der Waals surface area contributed by atoms with Crippen molar-refractivity contribution in [3.8, 4) is 0 Å². The van der Waals surface area contributed by atoms with Gasteiger partial charge in [-0.25, -0.2) is 0 Å². The first-order valence-corrected chi connectivity index (χ1v) is 8.07. The fourth-order valence-electron chi connectivity index (χ4n) is 3.44. The second-order valence-electron chi connectivity index (χ2n) is 6.22. The molecule has 0 spiro atoms. The van der Waals surface area contributed by atoms with Crippen LogP contribution in [0.2, 0.25) is 0 Å². The van der Waals surface area contributed by atoms with E-state index in [2.05, 4.69) is 5.32 Å². The van der Waals surface area contributed by atoms with Crippen LogP contribution in [-0.4, -0.2) is 30.3 Å². The quantitative estimate of drug-likeness (QED) is 0.874. The smallest absolute Gasteiger partial charge is 0.251 e. The highest BCUT2D eigenvalue weighted by Crippen LogP contribution is 2.26. The van der Waals surface area contributed by atoms with E-state index in [1.54, 1.807) is 29.2 Å². The third kappa shape index (κ3) is 3.21. The second kappa shape index (κ2) is 6.40. The number of carbonyl (C=O) groups excluding carboxylic acids is 3. The molecule has 6 heteroatoms. The van der Waals surface area contributed by atoms with Crippen LogP contribution in [0.1, 0.15) is 42.5 Å². The molecule has 3 rings (SSSR count). The zero-order valence-corrected chi connectivity index (χ0v) is 13.0. The number of hydrogen-bond donors (Lipinski definition) is 2. The van der Waals surface area contributed by atoms with Gasteiger partial charge in [-0.1, -0.05) is 6.42 Å². The molecule has 1 aromatic rings. The molecule has 1 saturated carbocycles. The summed E-state index contributed by atoms with van der Waals surface area (Å²) in [5.74, 6) is -0.712. The lowest BCUT2D eigenvalue weighted by Gasteiger charge is -2.19. The van der Waals surface area contributed by atoms with Crippen molar-refractivity contribution in [2.24, 2.45) is 11.7 Å². The van der Waals surface area contributed by atoms with E-state index in [1.807, 2.05) is 0 Å². The van der Waals surface area contributed by atoms with E-state index in [-0.39, 0.29) is 29.7 Å². The summed E-state index contributed by atoms with van der Waals surface area (Å²) in [6.07, 6.45) is 3.86. The highest BCUT2D eigenvalue weighted by Gasteiger charge is 2.32. The van der Waals surface area contributed by atoms with Crippen LogP contribution >= 0.6 is 0 Å². The minimum Gasteiger partial charge on any atom is -0.369 e. The molecule has 1 saturated heterocycles. The van der Waals surface area contributed by atoms with Gasteiger partial charge in [-0.05, 0) is 43.5 Å². The van der Waals surface area contributed by atoms with Crippen molar-refractivity contribution in [3.63, 3.8) is 0 Å². The minimum absolute atomic E-state index is 0.123. The van der Waals surface area contributed by atoms with Crippen molar-refractivity contribution < 1.29 is 14.4 Å². The number of anilines is 1. The summed E-state index contributed by atoms with van der Waals surface area (Å²) in [7, 11) is 0. The van der Waals surface area contributed by atoms with Gasteiger partial charge in [0.15, 0.2) is 0 Å². The lowest BCUT2D eigenvalue weighted by Crippen LogP contribution is -2.42. The summed E-state index contributed by atoms with van der Waals surface area (Å²) < 4.78 is 0. The Labute approximate surface area is 135 Å². The largest absolute Gasteiger partial charge is 0.369 e. The van der Waals surface area contributed by atoms with E-state index in [4.69, 9.17) is 5.73 Å². The molecular weight excluding hydrogens is 294 g/mol. The first kappa shape index (κ1) is 15.5. The highest BCUT2D eigenvalue weighted by molar-refractivity contribution is 5.97. The van der Waals surface area contributed by atoms with Crippen molar-refractivity contribution in [1.82, 2.24) is 5.32 Å². The minimum atomic E-state index is -0.351. The van der Waals surface area contributed by atoms with Gasteiger partial charge in [-0.2, -0.15) is 0 Å². The monoisotopic (exact) mass is 315 g/mol. The summed E-state index contributed by atoms with van der Waals surface area (Å²) in [5.41, 5.74) is 6.72. The number of nitrogens with two attached hydrogens (primary N) is 1. The Morgan fingerprint density at radius 2 is 1.87 bits per heavy atom. The Bertz CT molecular complexity index is 626. The van der Waals surface area contributed by atoms with Crippen molar-refractivity contribution in [2.75, 3.05) is 11.4 Å². The number of primary amides is 1. The number of nitrogens with zero attached hydrogens (tertiary/aromatic N) is 1. The molecule has 122 valence electrons. The van der Waals surface area contributed by atoms with Crippen LogP contribution in [-0.2, 0) is 9.59 Å². The highest BCUT2D eigenvalue weighted by atomic mass is 16.2. The van der Waals surface area contributed by atoms with Crippen molar-refractivity contribution >= 4 is 23.4 Å². The normalized spacial score (nSPS) is 24.0. The van der Waals surface area contributed by atoms with Crippen LogP contribution in [0.25, 0.3) is 0 Å². The van der Waals surface area contributed by atoms with Crippen LogP contribution in [0.3, 0.4) is 0 Å². The van der Waals surface area contributed by atoms with E-state index < -0.39 is 0 Å². The first-order valence-electron chi connectivity index (χ1n) is 8.07. The molecule has 3 N–H and O–H groups in total. The first-order chi connectivity index (χ1) is 11.1. The molecule has 0 radical (unpaired) electrons. The summed E-state index contributed by atoms with van der Waals surface area (Å²) in [6.45, 7) is 0.729. The van der Waals surface area contributed by atoms with Gasteiger partial charge >= 0.3 is 0 Å². The Kier molecular flexibility index (Phi) is 4.32. The number of nitrogens with one attached hydrogen (secondary N) is 1. The molecule has 23 heavy (non-hydrogen) atoms. The van der Waals surface area contributed by atoms with Crippen LogP contribution in [0, 0.1) is 5.92 Å². The van der Waals surface area contributed by atoms with E-state index in [0.717, 1.165) is 37.9 Å². The Morgan fingerprint density at radius 1 is 1.13 bits per heavy atom. The van der Waals surface area contributed by atoms with Crippen LogP contribution < -0.4 is 16.0 Å². The summed E-state index contributed by atoms with van der Waals surface area (Å²) in [6, 6.07) is 6.82. The van der Waals surface area contributed by atoms with E-state index in [0.29, 0.717) is 12.0 Å². The molecule has 1 aliphatic heterocycles. The van der Waals surface area contributed by atoms with Gasteiger partial charge in [0.2, 0.25) is 11.8 Å². The fourth-order valence-corrected chi connectivity index (χ4v) is 3.44. The second-order valence-corrected chi connectivity index (χ2v) is 6.22. The molecule has 6 nitrogen and oxygen atoms in total. The SMILES string of the molecule is NC(=O)C1CCCC1NC(=O)c1ccc(N2CCCC2=O)cc1. The number of benzene rings is 1. The standard InChI is InChI=1S/C17H21N3O3/c18-16(22)13-3-1-4-14(13)19-17(23)11-6-8-12(9-7-11)20-10-2-5-15(20)21/h6-9,13-14H,1-5,10H2,(H2,18,22)(H,19,23). The maximum atomic E-state index is 12.3. The average Bonchev–Trinajstić information content (AvgIpc) is 3.16. The Morgan fingerprint density at radius 3 is 2.48 bits per heavy atom. The number of carbonyl (C=O) groups is 3. The van der Waals surface area contributed by atoms with Gasteiger partial charge in [-0.3, -0.25) is 14.4 Å². The van der Waals surface area contributed by atoms with E-state index >= 15 is 0 Å². The predicted octanol–water partition coefficient (Wildman–Crippen LogP) is 1.20. The number of rotatable bonds is 4. The molecular formula is C17H21N3O3. The molecule has 0 aromatic heterocycles. The van der Waals surface area contributed by atoms with Crippen LogP contribution in [0.5, 0.6) is 0 Å². The summed E-state index contributed by atoms with van der Waals surface area (Å²) >= 11 is 0. The predicted molar refractivity (Wildman–Crippen MR) is 85.8 cm³/mol. The van der Waals surface area contributed by atoms with Gasteiger partial charge in [0.05, 0.1) is 5.92 Å². The van der Waals surface area contributed by atoms with Crippen molar-refractivity contribution in [2.45, 2.75) is 38.1 Å².